The first kappa shape index (κ1) is 21.7. The van der Waals surface area contributed by atoms with Crippen molar-refractivity contribution < 1.29 is 23.5 Å². The van der Waals surface area contributed by atoms with Gasteiger partial charge in [0.05, 0.1) is 0 Å². The van der Waals surface area contributed by atoms with Gasteiger partial charge in [0.2, 0.25) is 5.91 Å². The number of amides is 3. The Kier molecular flexibility index (Phi) is 7.37. The minimum absolute atomic E-state index is 0.101. The first-order valence-electron chi connectivity index (χ1n) is 9.42. The number of alkyl carbamates (subject to hydrolysis) is 1. The van der Waals surface area contributed by atoms with E-state index in [9.17, 15) is 18.8 Å². The van der Waals surface area contributed by atoms with Crippen LogP contribution in [0, 0.1) is 11.7 Å². The predicted molar refractivity (Wildman–Crippen MR) is 102 cm³/mol. The zero-order valence-corrected chi connectivity index (χ0v) is 16.6. The molecule has 3 amide bonds. The summed E-state index contributed by atoms with van der Waals surface area (Å²) in [6.45, 7) is 6.78. The van der Waals surface area contributed by atoms with Gasteiger partial charge in [-0.1, -0.05) is 6.07 Å². The van der Waals surface area contributed by atoms with Crippen molar-refractivity contribution in [2.24, 2.45) is 5.92 Å². The second kappa shape index (κ2) is 9.52. The van der Waals surface area contributed by atoms with Gasteiger partial charge in [-0.25, -0.2) is 9.18 Å². The lowest BCUT2D eigenvalue weighted by Crippen LogP contribution is -2.46. The number of likely N-dealkylation sites (tertiary alicyclic amines) is 1. The molecule has 0 unspecified atom stereocenters. The van der Waals surface area contributed by atoms with Gasteiger partial charge in [-0.15, -0.1) is 0 Å². The van der Waals surface area contributed by atoms with Gasteiger partial charge in [0.1, 0.15) is 18.0 Å². The molecule has 1 aromatic carbocycles. The van der Waals surface area contributed by atoms with E-state index in [2.05, 4.69) is 10.6 Å². The molecule has 28 heavy (non-hydrogen) atoms. The summed E-state index contributed by atoms with van der Waals surface area (Å²) in [7, 11) is 0. The third-order valence-corrected chi connectivity index (χ3v) is 4.39. The van der Waals surface area contributed by atoms with Gasteiger partial charge in [0, 0.05) is 25.2 Å². The standard InChI is InChI=1S/C20H28FN3O4/c1-20(2,3)28-19(27)23-13-17(25)24-9-7-14(8-10-24)12-22-18(26)15-5-4-6-16(21)11-15/h4-6,11,14H,7-10,12-13H2,1-3H3,(H,22,26)(H,23,27). The maximum absolute atomic E-state index is 13.2. The molecule has 1 heterocycles. The molecule has 2 rings (SSSR count). The van der Waals surface area contributed by atoms with Crippen LogP contribution in [0.15, 0.2) is 24.3 Å². The number of hydrogen-bond donors (Lipinski definition) is 2. The molecule has 1 aliphatic rings. The van der Waals surface area contributed by atoms with Gasteiger partial charge in [-0.05, 0) is 57.7 Å². The zero-order chi connectivity index (χ0) is 20.7. The van der Waals surface area contributed by atoms with Gasteiger partial charge in [0.15, 0.2) is 0 Å². The maximum atomic E-state index is 13.2. The van der Waals surface area contributed by atoms with E-state index in [0.717, 1.165) is 12.8 Å². The lowest BCUT2D eigenvalue weighted by Gasteiger charge is -2.32. The van der Waals surface area contributed by atoms with Crippen molar-refractivity contribution >= 4 is 17.9 Å². The van der Waals surface area contributed by atoms with Gasteiger partial charge in [-0.2, -0.15) is 0 Å². The van der Waals surface area contributed by atoms with Crippen LogP contribution in [0.4, 0.5) is 9.18 Å². The fourth-order valence-corrected chi connectivity index (χ4v) is 2.93. The smallest absolute Gasteiger partial charge is 0.408 e. The Balaban J connectivity index is 1.68. The number of nitrogens with zero attached hydrogens (tertiary/aromatic N) is 1. The number of carbonyl (C=O) groups is 3. The summed E-state index contributed by atoms with van der Waals surface area (Å²) in [4.78, 5) is 37.6. The number of ether oxygens (including phenoxy) is 1. The van der Waals surface area contributed by atoms with Crippen molar-refractivity contribution in [1.82, 2.24) is 15.5 Å². The summed E-state index contributed by atoms with van der Waals surface area (Å²) in [5.74, 6) is -0.660. The average Bonchev–Trinajstić information content (AvgIpc) is 2.63. The van der Waals surface area contributed by atoms with Crippen molar-refractivity contribution in [1.29, 1.82) is 0 Å². The highest BCUT2D eigenvalue weighted by molar-refractivity contribution is 5.94. The third-order valence-electron chi connectivity index (χ3n) is 4.39. The Bertz CT molecular complexity index is 710. The van der Waals surface area contributed by atoms with Crippen LogP contribution in [0.1, 0.15) is 44.0 Å². The van der Waals surface area contributed by atoms with E-state index in [1.165, 1.54) is 18.2 Å². The molecule has 7 nitrogen and oxygen atoms in total. The molecule has 0 bridgehead atoms. The molecule has 0 saturated carbocycles. The van der Waals surface area contributed by atoms with Gasteiger partial charge >= 0.3 is 6.09 Å². The highest BCUT2D eigenvalue weighted by Gasteiger charge is 2.24. The number of hydrogen-bond acceptors (Lipinski definition) is 4. The van der Waals surface area contributed by atoms with E-state index in [0.29, 0.717) is 25.2 Å². The fraction of sp³-hybridized carbons (Fsp3) is 0.550. The number of rotatable bonds is 5. The summed E-state index contributed by atoms with van der Waals surface area (Å²) in [5.41, 5.74) is -0.317. The molecule has 0 atom stereocenters. The number of piperidine rings is 1. The van der Waals surface area contributed by atoms with Crippen LogP contribution in [-0.4, -0.2) is 54.6 Å². The van der Waals surface area contributed by atoms with E-state index < -0.39 is 17.5 Å². The molecule has 154 valence electrons. The molecule has 1 aromatic rings. The van der Waals surface area contributed by atoms with Crippen molar-refractivity contribution in [2.45, 2.75) is 39.2 Å². The molecular weight excluding hydrogens is 365 g/mol. The second-order valence-electron chi connectivity index (χ2n) is 7.90. The van der Waals surface area contributed by atoms with Crippen LogP contribution in [0.2, 0.25) is 0 Å². The number of carbonyl (C=O) groups excluding carboxylic acids is 3. The Morgan fingerprint density at radius 3 is 2.46 bits per heavy atom. The van der Waals surface area contributed by atoms with Gasteiger partial charge < -0.3 is 20.3 Å². The fourth-order valence-electron chi connectivity index (χ4n) is 2.93. The number of benzene rings is 1. The number of nitrogens with one attached hydrogen (secondary N) is 2. The summed E-state index contributed by atoms with van der Waals surface area (Å²) >= 11 is 0. The van der Waals surface area contributed by atoms with Crippen molar-refractivity contribution in [2.75, 3.05) is 26.2 Å². The Morgan fingerprint density at radius 1 is 1.18 bits per heavy atom. The molecule has 0 aromatic heterocycles. The maximum Gasteiger partial charge on any atom is 0.408 e. The molecule has 1 aliphatic heterocycles. The van der Waals surface area contributed by atoms with Crippen LogP contribution >= 0.6 is 0 Å². The third kappa shape index (κ3) is 7.17. The average molecular weight is 393 g/mol. The topological polar surface area (TPSA) is 87.7 Å². The lowest BCUT2D eigenvalue weighted by atomic mass is 9.96. The van der Waals surface area contributed by atoms with E-state index in [-0.39, 0.29) is 24.3 Å². The zero-order valence-electron chi connectivity index (χ0n) is 16.6. The summed E-state index contributed by atoms with van der Waals surface area (Å²) < 4.78 is 18.3. The van der Waals surface area contributed by atoms with E-state index in [1.807, 2.05) is 0 Å². The highest BCUT2D eigenvalue weighted by Crippen LogP contribution is 2.17. The largest absolute Gasteiger partial charge is 0.444 e. The minimum Gasteiger partial charge on any atom is -0.444 e. The molecule has 0 aliphatic carbocycles. The lowest BCUT2D eigenvalue weighted by molar-refractivity contribution is -0.131. The van der Waals surface area contributed by atoms with Gasteiger partial charge in [0.25, 0.3) is 5.91 Å². The van der Waals surface area contributed by atoms with E-state index in [4.69, 9.17) is 4.74 Å². The monoisotopic (exact) mass is 393 g/mol. The van der Waals surface area contributed by atoms with Crippen molar-refractivity contribution in [3.05, 3.63) is 35.6 Å². The van der Waals surface area contributed by atoms with E-state index >= 15 is 0 Å². The molecule has 1 fully saturated rings. The predicted octanol–water partition coefficient (Wildman–Crippen LogP) is 2.32. The summed E-state index contributed by atoms with van der Waals surface area (Å²) in [6.07, 6.45) is 0.888. The van der Waals surface area contributed by atoms with Crippen molar-refractivity contribution in [3.63, 3.8) is 0 Å². The van der Waals surface area contributed by atoms with Crippen LogP contribution in [0.25, 0.3) is 0 Å². The summed E-state index contributed by atoms with van der Waals surface area (Å²) in [6, 6.07) is 5.56. The van der Waals surface area contributed by atoms with Crippen LogP contribution < -0.4 is 10.6 Å². The quantitative estimate of drug-likeness (QED) is 0.804. The van der Waals surface area contributed by atoms with E-state index in [1.54, 1.807) is 31.7 Å². The van der Waals surface area contributed by atoms with Crippen LogP contribution in [-0.2, 0) is 9.53 Å². The molecule has 2 N–H and O–H groups in total. The van der Waals surface area contributed by atoms with Crippen LogP contribution in [0.3, 0.4) is 0 Å². The first-order chi connectivity index (χ1) is 13.1. The van der Waals surface area contributed by atoms with Crippen LogP contribution in [0.5, 0.6) is 0 Å². The Hall–Kier alpha value is -2.64. The molecule has 8 heteroatoms. The minimum atomic E-state index is -0.615. The SMILES string of the molecule is CC(C)(C)OC(=O)NCC(=O)N1CCC(CNC(=O)c2cccc(F)c2)CC1. The molecule has 0 radical (unpaired) electrons. The molecule has 0 spiro atoms. The first-order valence-corrected chi connectivity index (χ1v) is 9.42. The molecular formula is C20H28FN3O4. The Labute approximate surface area is 164 Å². The second-order valence-corrected chi connectivity index (χ2v) is 7.90. The Morgan fingerprint density at radius 2 is 1.86 bits per heavy atom. The number of halogens is 1. The van der Waals surface area contributed by atoms with Gasteiger partial charge in [-0.3, -0.25) is 9.59 Å². The molecule has 1 saturated heterocycles. The van der Waals surface area contributed by atoms with Crippen molar-refractivity contribution in [3.8, 4) is 0 Å². The normalized spacial score (nSPS) is 15.1. The highest BCUT2D eigenvalue weighted by atomic mass is 19.1. The summed E-state index contributed by atoms with van der Waals surface area (Å²) in [5, 5.41) is 5.29.